The predicted octanol–water partition coefficient (Wildman–Crippen LogP) is 2.68. The van der Waals surface area contributed by atoms with E-state index >= 15 is 0 Å². The van der Waals surface area contributed by atoms with E-state index in [4.69, 9.17) is 5.11 Å². The summed E-state index contributed by atoms with van der Waals surface area (Å²) in [4.78, 5) is 10.8. The van der Waals surface area contributed by atoms with Gasteiger partial charge < -0.3 is 9.84 Å². The molecule has 2 atom stereocenters. The summed E-state index contributed by atoms with van der Waals surface area (Å²) in [6.45, 7) is 0.338. The van der Waals surface area contributed by atoms with E-state index < -0.39 is 0 Å². The molecular formula is C14H24O3. The van der Waals surface area contributed by atoms with Crippen molar-refractivity contribution in [1.29, 1.82) is 0 Å². The Morgan fingerprint density at radius 3 is 2.71 bits per heavy atom. The van der Waals surface area contributed by atoms with Crippen LogP contribution < -0.4 is 0 Å². The van der Waals surface area contributed by atoms with Gasteiger partial charge in [0.25, 0.3) is 0 Å². The van der Waals surface area contributed by atoms with Gasteiger partial charge in [0.15, 0.2) is 0 Å². The van der Waals surface area contributed by atoms with Crippen LogP contribution in [0.15, 0.2) is 12.2 Å². The SMILES string of the molecule is COC(=O)CCC/C=C\CC[C@H]1C[C@@H]1CCO. The quantitative estimate of drug-likeness (QED) is 0.383. The van der Waals surface area contributed by atoms with Crippen molar-refractivity contribution < 1.29 is 14.6 Å². The highest BCUT2D eigenvalue weighted by molar-refractivity contribution is 5.68. The predicted molar refractivity (Wildman–Crippen MR) is 67.5 cm³/mol. The minimum Gasteiger partial charge on any atom is -0.469 e. The summed E-state index contributed by atoms with van der Waals surface area (Å²) in [5.74, 6) is 1.51. The fourth-order valence-corrected chi connectivity index (χ4v) is 2.20. The summed E-state index contributed by atoms with van der Waals surface area (Å²) in [7, 11) is 1.43. The molecule has 0 amide bonds. The maximum atomic E-state index is 10.8. The summed E-state index contributed by atoms with van der Waals surface area (Å²) in [6.07, 6.45) is 11.4. The summed E-state index contributed by atoms with van der Waals surface area (Å²) < 4.78 is 4.57. The number of unbranched alkanes of at least 4 members (excludes halogenated alkanes) is 1. The Morgan fingerprint density at radius 2 is 2.00 bits per heavy atom. The van der Waals surface area contributed by atoms with E-state index in [9.17, 15) is 4.79 Å². The van der Waals surface area contributed by atoms with Crippen LogP contribution in [0.3, 0.4) is 0 Å². The first kappa shape index (κ1) is 14.2. The van der Waals surface area contributed by atoms with Crippen LogP contribution >= 0.6 is 0 Å². The summed E-state index contributed by atoms with van der Waals surface area (Å²) in [6, 6.07) is 0. The molecule has 0 heterocycles. The van der Waals surface area contributed by atoms with Gasteiger partial charge in [0.1, 0.15) is 0 Å². The van der Waals surface area contributed by atoms with Crippen molar-refractivity contribution in [2.45, 2.75) is 44.9 Å². The monoisotopic (exact) mass is 240 g/mol. The number of aliphatic hydroxyl groups is 1. The average Bonchev–Trinajstić information content (AvgIpc) is 3.06. The van der Waals surface area contributed by atoms with Gasteiger partial charge in [0.2, 0.25) is 0 Å². The maximum Gasteiger partial charge on any atom is 0.305 e. The Balaban J connectivity index is 1.88. The van der Waals surface area contributed by atoms with Gasteiger partial charge >= 0.3 is 5.97 Å². The molecule has 0 unspecified atom stereocenters. The summed E-state index contributed by atoms with van der Waals surface area (Å²) in [5, 5.41) is 8.78. The maximum absolute atomic E-state index is 10.8. The molecule has 0 radical (unpaired) electrons. The molecule has 1 saturated carbocycles. The molecule has 1 aliphatic carbocycles. The van der Waals surface area contributed by atoms with E-state index in [-0.39, 0.29) is 5.97 Å². The molecule has 3 heteroatoms. The highest BCUT2D eigenvalue weighted by Gasteiger charge is 2.34. The van der Waals surface area contributed by atoms with Crippen molar-refractivity contribution in [3.8, 4) is 0 Å². The van der Waals surface area contributed by atoms with Crippen LogP contribution in [0, 0.1) is 11.8 Å². The fraction of sp³-hybridized carbons (Fsp3) is 0.786. The van der Waals surface area contributed by atoms with Gasteiger partial charge in [-0.25, -0.2) is 0 Å². The molecule has 1 fully saturated rings. The second-order valence-corrected chi connectivity index (χ2v) is 4.79. The second-order valence-electron chi connectivity index (χ2n) is 4.79. The third kappa shape index (κ3) is 6.47. The van der Waals surface area contributed by atoms with Gasteiger partial charge in [-0.15, -0.1) is 0 Å². The largest absolute Gasteiger partial charge is 0.469 e. The molecular weight excluding hydrogens is 216 g/mol. The molecule has 1 rings (SSSR count). The molecule has 0 aromatic rings. The molecule has 1 N–H and O–H groups in total. The lowest BCUT2D eigenvalue weighted by molar-refractivity contribution is -0.140. The van der Waals surface area contributed by atoms with E-state index in [0.29, 0.717) is 13.0 Å². The van der Waals surface area contributed by atoms with E-state index in [2.05, 4.69) is 16.9 Å². The number of allylic oxidation sites excluding steroid dienone is 2. The molecule has 1 aliphatic rings. The molecule has 98 valence electrons. The van der Waals surface area contributed by atoms with Gasteiger partial charge in [0.05, 0.1) is 7.11 Å². The number of aliphatic hydroxyl groups excluding tert-OH is 1. The van der Waals surface area contributed by atoms with Gasteiger partial charge in [-0.2, -0.15) is 0 Å². The average molecular weight is 240 g/mol. The van der Waals surface area contributed by atoms with E-state index in [1.54, 1.807) is 0 Å². The molecule has 0 aromatic carbocycles. The third-order valence-corrected chi connectivity index (χ3v) is 3.42. The first-order valence-electron chi connectivity index (χ1n) is 6.60. The second kappa shape index (κ2) is 8.29. The molecule has 3 nitrogen and oxygen atoms in total. The van der Waals surface area contributed by atoms with Crippen LogP contribution in [-0.2, 0) is 9.53 Å². The Labute approximate surface area is 104 Å². The zero-order chi connectivity index (χ0) is 12.5. The molecule has 0 aromatic heterocycles. The van der Waals surface area contributed by atoms with Gasteiger partial charge in [0, 0.05) is 13.0 Å². The van der Waals surface area contributed by atoms with Gasteiger partial charge in [-0.05, 0) is 50.4 Å². The highest BCUT2D eigenvalue weighted by atomic mass is 16.5. The minimum absolute atomic E-state index is 0.122. The van der Waals surface area contributed by atoms with Gasteiger partial charge in [-0.3, -0.25) is 4.79 Å². The molecule has 0 saturated heterocycles. The number of rotatable bonds is 9. The van der Waals surface area contributed by atoms with E-state index in [1.807, 2.05) is 0 Å². The Morgan fingerprint density at radius 1 is 1.29 bits per heavy atom. The van der Waals surface area contributed by atoms with E-state index in [1.165, 1.54) is 20.0 Å². The molecule has 0 bridgehead atoms. The van der Waals surface area contributed by atoms with Crippen LogP contribution in [0.4, 0.5) is 0 Å². The number of ether oxygens (including phenoxy) is 1. The zero-order valence-corrected chi connectivity index (χ0v) is 10.7. The van der Waals surface area contributed by atoms with Crippen molar-refractivity contribution >= 4 is 5.97 Å². The van der Waals surface area contributed by atoms with Crippen LogP contribution in [0.2, 0.25) is 0 Å². The Hall–Kier alpha value is -0.830. The number of carbonyl (C=O) groups excluding carboxylic acids is 1. The lowest BCUT2D eigenvalue weighted by atomic mass is 10.1. The number of methoxy groups -OCH3 is 1. The van der Waals surface area contributed by atoms with Crippen molar-refractivity contribution in [3.05, 3.63) is 12.2 Å². The fourth-order valence-electron chi connectivity index (χ4n) is 2.20. The van der Waals surface area contributed by atoms with Crippen LogP contribution in [0.1, 0.15) is 44.9 Å². The summed E-state index contributed by atoms with van der Waals surface area (Å²) >= 11 is 0. The molecule has 17 heavy (non-hydrogen) atoms. The van der Waals surface area contributed by atoms with E-state index in [0.717, 1.165) is 37.5 Å². The third-order valence-electron chi connectivity index (χ3n) is 3.42. The standard InChI is InChI=1S/C14H24O3/c1-17-14(16)8-6-4-2-3-5-7-12-11-13(12)9-10-15/h2-3,12-13,15H,4-11H2,1H3/b3-2-/t12-,13-/m0/s1. The molecule has 0 spiro atoms. The van der Waals surface area contributed by atoms with Gasteiger partial charge in [-0.1, -0.05) is 12.2 Å². The van der Waals surface area contributed by atoms with Crippen LogP contribution in [0.5, 0.6) is 0 Å². The van der Waals surface area contributed by atoms with Crippen LogP contribution in [-0.4, -0.2) is 24.8 Å². The number of hydrogen-bond acceptors (Lipinski definition) is 3. The number of carbonyl (C=O) groups is 1. The topological polar surface area (TPSA) is 46.5 Å². The number of hydrogen-bond donors (Lipinski definition) is 1. The minimum atomic E-state index is -0.122. The Bertz CT molecular complexity index is 248. The smallest absolute Gasteiger partial charge is 0.305 e. The van der Waals surface area contributed by atoms with Crippen molar-refractivity contribution in [2.24, 2.45) is 11.8 Å². The molecule has 0 aliphatic heterocycles. The van der Waals surface area contributed by atoms with Crippen molar-refractivity contribution in [1.82, 2.24) is 0 Å². The normalized spacial score (nSPS) is 22.9. The first-order chi connectivity index (χ1) is 8.27. The summed E-state index contributed by atoms with van der Waals surface area (Å²) in [5.41, 5.74) is 0. The Kier molecular flexibility index (Phi) is 6.94. The zero-order valence-electron chi connectivity index (χ0n) is 10.7. The number of esters is 1. The lowest BCUT2D eigenvalue weighted by Crippen LogP contribution is -1.98. The lowest BCUT2D eigenvalue weighted by Gasteiger charge is -1.96. The first-order valence-corrected chi connectivity index (χ1v) is 6.60. The highest BCUT2D eigenvalue weighted by Crippen LogP contribution is 2.44. The van der Waals surface area contributed by atoms with Crippen molar-refractivity contribution in [3.63, 3.8) is 0 Å². The van der Waals surface area contributed by atoms with Crippen molar-refractivity contribution in [2.75, 3.05) is 13.7 Å². The van der Waals surface area contributed by atoms with Crippen LogP contribution in [0.25, 0.3) is 0 Å².